The maximum atomic E-state index is 12.8. The van der Waals surface area contributed by atoms with Crippen molar-refractivity contribution in [3.63, 3.8) is 0 Å². The number of nitrogens with zero attached hydrogens (tertiary/aromatic N) is 2. The Bertz CT molecular complexity index is 880. The van der Waals surface area contributed by atoms with Gasteiger partial charge in [-0.05, 0) is 43.7 Å². The van der Waals surface area contributed by atoms with Crippen LogP contribution in [0, 0.1) is 0 Å². The summed E-state index contributed by atoms with van der Waals surface area (Å²) < 4.78 is 26.3. The molecule has 2 heterocycles. The van der Waals surface area contributed by atoms with E-state index in [0.717, 1.165) is 4.88 Å². The van der Waals surface area contributed by atoms with Gasteiger partial charge in [-0.3, -0.25) is 9.10 Å². The van der Waals surface area contributed by atoms with Gasteiger partial charge in [0.1, 0.15) is 0 Å². The number of hydrogen-bond acceptors (Lipinski definition) is 4. The van der Waals surface area contributed by atoms with Crippen molar-refractivity contribution in [2.24, 2.45) is 0 Å². The van der Waals surface area contributed by atoms with Crippen LogP contribution in [0.4, 0.5) is 5.69 Å². The molecule has 1 amide bonds. The highest BCUT2D eigenvalue weighted by atomic mass is 35.5. The fourth-order valence-corrected chi connectivity index (χ4v) is 5.52. The molecule has 5 nitrogen and oxygen atoms in total. The van der Waals surface area contributed by atoms with Crippen molar-refractivity contribution in [2.45, 2.75) is 19.9 Å². The molecule has 1 aromatic heterocycles. The minimum absolute atomic E-state index is 0.120. The number of hydrogen-bond donors (Lipinski definition) is 0. The van der Waals surface area contributed by atoms with Crippen LogP contribution in [-0.4, -0.2) is 38.1 Å². The summed E-state index contributed by atoms with van der Waals surface area (Å²) in [6.07, 6.45) is 0.612. The third-order valence-electron chi connectivity index (χ3n) is 4.12. The fourth-order valence-electron chi connectivity index (χ4n) is 2.86. The van der Waals surface area contributed by atoms with Gasteiger partial charge in [0.2, 0.25) is 10.0 Å². The lowest BCUT2D eigenvalue weighted by Gasteiger charge is -2.22. The number of halogens is 1. The minimum atomic E-state index is -3.26. The number of rotatable bonds is 5. The number of amides is 1. The van der Waals surface area contributed by atoms with Crippen LogP contribution in [0.3, 0.4) is 0 Å². The maximum absolute atomic E-state index is 12.8. The van der Waals surface area contributed by atoms with Gasteiger partial charge in [0.25, 0.3) is 5.91 Å². The molecule has 0 bridgehead atoms. The summed E-state index contributed by atoms with van der Waals surface area (Å²) in [6, 6.07) is 10.6. The highest BCUT2D eigenvalue weighted by Gasteiger charge is 2.29. The molecule has 0 spiro atoms. The number of carbonyl (C=O) groups excluding carboxylic acids is 1. The summed E-state index contributed by atoms with van der Waals surface area (Å²) in [6.45, 7) is 3.42. The van der Waals surface area contributed by atoms with Crippen LogP contribution in [0.5, 0.6) is 0 Å². The predicted octanol–water partition coefficient (Wildman–Crippen LogP) is 3.60. The highest BCUT2D eigenvalue weighted by Crippen LogP contribution is 2.26. The molecule has 0 N–H and O–H groups in total. The second-order valence-corrected chi connectivity index (χ2v) is 9.63. The third-order valence-corrected chi connectivity index (χ3v) is 7.21. The second kappa shape index (κ2) is 7.35. The van der Waals surface area contributed by atoms with Crippen molar-refractivity contribution in [3.05, 3.63) is 51.2 Å². The number of anilines is 1. The van der Waals surface area contributed by atoms with Crippen LogP contribution < -0.4 is 4.31 Å². The molecule has 25 heavy (non-hydrogen) atoms. The van der Waals surface area contributed by atoms with Crippen LogP contribution in [0.25, 0.3) is 0 Å². The largest absolute Gasteiger partial charge is 0.334 e. The molecule has 0 unspecified atom stereocenters. The molecule has 8 heteroatoms. The predicted molar refractivity (Wildman–Crippen MR) is 102 cm³/mol. The third kappa shape index (κ3) is 3.99. The van der Waals surface area contributed by atoms with E-state index < -0.39 is 10.0 Å². The first-order valence-corrected chi connectivity index (χ1v) is 10.8. The topological polar surface area (TPSA) is 57.7 Å². The lowest BCUT2D eigenvalue weighted by molar-refractivity contribution is 0.0754. The molecule has 1 aromatic carbocycles. The zero-order valence-electron chi connectivity index (χ0n) is 13.8. The molecular weight excluding hydrogens is 380 g/mol. The standard InChI is InChI=1S/C17H19ClN2O3S2/c1-2-19(12-15-7-8-16(18)24-15)17(21)13-5-3-6-14(11-13)20-9-4-10-25(20,22)23/h3,5-8,11H,2,4,9-10,12H2,1H3. The van der Waals surface area contributed by atoms with Gasteiger partial charge in [-0.25, -0.2) is 8.42 Å². The van der Waals surface area contributed by atoms with E-state index in [0.29, 0.717) is 41.6 Å². The van der Waals surface area contributed by atoms with Crippen molar-refractivity contribution in [1.82, 2.24) is 4.90 Å². The smallest absolute Gasteiger partial charge is 0.254 e. The Morgan fingerprint density at radius 2 is 2.12 bits per heavy atom. The molecule has 2 aromatic rings. The van der Waals surface area contributed by atoms with Crippen LogP contribution in [0.2, 0.25) is 4.34 Å². The van der Waals surface area contributed by atoms with Gasteiger partial charge in [-0.15, -0.1) is 11.3 Å². The second-order valence-electron chi connectivity index (χ2n) is 5.82. The van der Waals surface area contributed by atoms with Crippen molar-refractivity contribution in [3.8, 4) is 0 Å². The highest BCUT2D eigenvalue weighted by molar-refractivity contribution is 7.93. The van der Waals surface area contributed by atoms with Crippen LogP contribution in [0.1, 0.15) is 28.6 Å². The summed E-state index contributed by atoms with van der Waals surface area (Å²) in [7, 11) is -3.26. The Hall–Kier alpha value is -1.57. The van der Waals surface area contributed by atoms with Gasteiger partial charge in [0, 0.05) is 23.5 Å². The number of thiophene rings is 1. The molecule has 0 atom stereocenters. The summed E-state index contributed by atoms with van der Waals surface area (Å²) >= 11 is 7.41. The van der Waals surface area contributed by atoms with Crippen molar-refractivity contribution < 1.29 is 13.2 Å². The van der Waals surface area contributed by atoms with E-state index in [1.54, 1.807) is 29.2 Å². The molecular formula is C17H19ClN2O3S2. The Morgan fingerprint density at radius 1 is 1.32 bits per heavy atom. The normalized spacial score (nSPS) is 16.2. The van der Waals surface area contributed by atoms with E-state index in [1.165, 1.54) is 15.6 Å². The summed E-state index contributed by atoms with van der Waals surface area (Å²) in [5.74, 6) is 0.0382. The van der Waals surface area contributed by atoms with E-state index in [-0.39, 0.29) is 11.7 Å². The van der Waals surface area contributed by atoms with E-state index >= 15 is 0 Å². The van der Waals surface area contributed by atoms with Crippen molar-refractivity contribution in [1.29, 1.82) is 0 Å². The first-order valence-electron chi connectivity index (χ1n) is 8.04. The average molecular weight is 399 g/mol. The van der Waals surface area contributed by atoms with Gasteiger partial charge >= 0.3 is 0 Å². The molecule has 1 fully saturated rings. The first kappa shape index (κ1) is 18.2. The van der Waals surface area contributed by atoms with Crippen LogP contribution >= 0.6 is 22.9 Å². The van der Waals surface area contributed by atoms with Crippen molar-refractivity contribution in [2.75, 3.05) is 23.1 Å². The Labute approximate surface area is 156 Å². The minimum Gasteiger partial charge on any atom is -0.334 e. The molecule has 0 aliphatic carbocycles. The van der Waals surface area contributed by atoms with E-state index in [1.807, 2.05) is 19.1 Å². The van der Waals surface area contributed by atoms with Crippen molar-refractivity contribution >= 4 is 44.6 Å². The monoisotopic (exact) mass is 398 g/mol. The van der Waals surface area contributed by atoms with E-state index in [9.17, 15) is 13.2 Å². The maximum Gasteiger partial charge on any atom is 0.254 e. The van der Waals surface area contributed by atoms with Gasteiger partial charge < -0.3 is 4.90 Å². The van der Waals surface area contributed by atoms with Crippen LogP contribution in [-0.2, 0) is 16.6 Å². The van der Waals surface area contributed by atoms with Crippen LogP contribution in [0.15, 0.2) is 36.4 Å². The lowest BCUT2D eigenvalue weighted by atomic mass is 10.1. The fraction of sp³-hybridized carbons (Fsp3) is 0.353. The molecule has 1 aliphatic rings. The van der Waals surface area contributed by atoms with Gasteiger partial charge in [-0.2, -0.15) is 0 Å². The summed E-state index contributed by atoms with van der Waals surface area (Å²) in [5.41, 5.74) is 1.04. The molecule has 134 valence electrons. The number of sulfonamides is 1. The molecule has 3 rings (SSSR count). The van der Waals surface area contributed by atoms with Gasteiger partial charge in [0.05, 0.1) is 22.3 Å². The van der Waals surface area contributed by atoms with Gasteiger partial charge in [-0.1, -0.05) is 17.7 Å². The molecule has 1 saturated heterocycles. The molecule has 0 radical (unpaired) electrons. The van der Waals surface area contributed by atoms with E-state index in [4.69, 9.17) is 11.6 Å². The SMILES string of the molecule is CCN(Cc1ccc(Cl)s1)C(=O)c1cccc(N2CCCS2(=O)=O)c1. The zero-order chi connectivity index (χ0) is 18.0. The molecule has 0 saturated carbocycles. The first-order chi connectivity index (χ1) is 11.9. The Morgan fingerprint density at radius 3 is 2.72 bits per heavy atom. The Balaban J connectivity index is 1.82. The van der Waals surface area contributed by atoms with Gasteiger partial charge in [0.15, 0.2) is 0 Å². The zero-order valence-corrected chi connectivity index (χ0v) is 16.2. The number of carbonyl (C=O) groups is 1. The summed E-state index contributed by atoms with van der Waals surface area (Å²) in [4.78, 5) is 15.6. The lowest BCUT2D eigenvalue weighted by Crippen LogP contribution is -2.30. The Kier molecular flexibility index (Phi) is 5.36. The van der Waals surface area contributed by atoms with E-state index in [2.05, 4.69) is 0 Å². The average Bonchev–Trinajstić information content (AvgIpc) is 3.16. The quantitative estimate of drug-likeness (QED) is 0.773. The molecule has 1 aliphatic heterocycles. The summed E-state index contributed by atoms with van der Waals surface area (Å²) in [5, 5.41) is 0. The number of benzene rings is 1.